The van der Waals surface area contributed by atoms with Gasteiger partial charge in [0, 0.05) is 23.5 Å². The first-order chi connectivity index (χ1) is 14.6. The number of hydrogen-bond donors (Lipinski definition) is 1. The molecule has 0 spiro atoms. The normalized spacial score (nSPS) is 16.0. The summed E-state index contributed by atoms with van der Waals surface area (Å²) in [7, 11) is 1.61. The first-order valence-electron chi connectivity index (χ1n) is 9.38. The Hall–Kier alpha value is -3.33. The molecule has 9 heteroatoms. The molecule has 0 aliphatic carbocycles. The molecular formula is C21H20N4O4S. The van der Waals surface area contributed by atoms with Gasteiger partial charge < -0.3 is 14.1 Å². The van der Waals surface area contributed by atoms with Crippen molar-refractivity contribution in [2.24, 2.45) is 0 Å². The molecule has 2 aromatic carbocycles. The first kappa shape index (κ1) is 20.0. The lowest BCUT2D eigenvalue weighted by Gasteiger charge is -2.15. The number of para-hydroxylation sites is 1. The number of benzene rings is 2. The fourth-order valence-corrected chi connectivity index (χ4v) is 3.86. The second-order valence-corrected chi connectivity index (χ2v) is 7.75. The number of carbonyl (C=O) groups excluding carboxylic acids is 2. The van der Waals surface area contributed by atoms with E-state index in [1.807, 2.05) is 54.6 Å². The van der Waals surface area contributed by atoms with Crippen molar-refractivity contribution >= 4 is 35.3 Å². The maximum atomic E-state index is 12.4. The molecule has 30 heavy (non-hydrogen) atoms. The molecule has 1 aliphatic heterocycles. The number of nitrogens with zero attached hydrogens (tertiary/aromatic N) is 3. The van der Waals surface area contributed by atoms with Crippen LogP contribution in [-0.4, -0.2) is 41.4 Å². The van der Waals surface area contributed by atoms with Crippen molar-refractivity contribution in [2.75, 3.05) is 29.6 Å². The van der Waals surface area contributed by atoms with Crippen LogP contribution in [0.25, 0.3) is 0 Å². The number of rotatable bonds is 7. The number of aromatic nitrogens is 2. The van der Waals surface area contributed by atoms with E-state index in [1.165, 1.54) is 11.8 Å². The molecule has 1 saturated heterocycles. The molecule has 2 amide bonds. The monoisotopic (exact) mass is 424 g/mol. The van der Waals surface area contributed by atoms with Crippen molar-refractivity contribution in [2.45, 2.75) is 17.2 Å². The molecule has 3 aromatic rings. The van der Waals surface area contributed by atoms with Gasteiger partial charge >= 0.3 is 6.01 Å². The topological polar surface area (TPSA) is 97.6 Å². The van der Waals surface area contributed by atoms with Crippen molar-refractivity contribution in [3.63, 3.8) is 0 Å². The van der Waals surface area contributed by atoms with Gasteiger partial charge in [-0.1, -0.05) is 23.3 Å². The van der Waals surface area contributed by atoms with Crippen LogP contribution >= 0.6 is 11.8 Å². The van der Waals surface area contributed by atoms with Crippen LogP contribution in [0.4, 0.5) is 11.7 Å². The highest BCUT2D eigenvalue weighted by Crippen LogP contribution is 2.31. The van der Waals surface area contributed by atoms with E-state index in [0.29, 0.717) is 12.4 Å². The van der Waals surface area contributed by atoms with Crippen molar-refractivity contribution in [1.29, 1.82) is 0 Å². The third-order valence-corrected chi connectivity index (χ3v) is 5.67. The Bertz CT molecular complexity index is 1020. The van der Waals surface area contributed by atoms with E-state index >= 15 is 0 Å². The van der Waals surface area contributed by atoms with Gasteiger partial charge in [0.2, 0.25) is 17.7 Å². The summed E-state index contributed by atoms with van der Waals surface area (Å²) in [6.45, 7) is 0.464. The fourth-order valence-electron chi connectivity index (χ4n) is 3.16. The van der Waals surface area contributed by atoms with E-state index in [9.17, 15) is 9.59 Å². The Morgan fingerprint density at radius 3 is 2.70 bits per heavy atom. The minimum absolute atomic E-state index is 0.00544. The number of hydrogen-bond acceptors (Lipinski definition) is 7. The van der Waals surface area contributed by atoms with Gasteiger partial charge in [-0.2, -0.15) is 0 Å². The van der Waals surface area contributed by atoms with Crippen LogP contribution in [0.2, 0.25) is 0 Å². The van der Waals surface area contributed by atoms with Crippen molar-refractivity contribution in [3.8, 4) is 5.75 Å². The van der Waals surface area contributed by atoms with Gasteiger partial charge in [0.05, 0.1) is 18.8 Å². The van der Waals surface area contributed by atoms with Crippen LogP contribution in [0, 0.1) is 0 Å². The van der Waals surface area contributed by atoms with Gasteiger partial charge in [0.1, 0.15) is 5.75 Å². The van der Waals surface area contributed by atoms with Crippen LogP contribution in [0.3, 0.4) is 0 Å². The lowest BCUT2D eigenvalue weighted by atomic mass is 10.1. The average Bonchev–Trinajstić information content (AvgIpc) is 3.39. The summed E-state index contributed by atoms with van der Waals surface area (Å²) in [6, 6.07) is 16.9. The SMILES string of the molecule is COc1ccc(SCC(=O)Nc2nnc(C3CC(=O)N(c4ccccc4)C3)o2)cc1. The van der Waals surface area contributed by atoms with E-state index < -0.39 is 0 Å². The molecule has 154 valence electrons. The lowest BCUT2D eigenvalue weighted by molar-refractivity contribution is -0.117. The first-order valence-corrected chi connectivity index (χ1v) is 10.4. The van der Waals surface area contributed by atoms with Gasteiger partial charge in [-0.25, -0.2) is 0 Å². The Balaban J connectivity index is 1.31. The molecule has 1 N–H and O–H groups in total. The number of amides is 2. The standard InChI is InChI=1S/C21H20N4O4S/c1-28-16-7-9-17(10-8-16)30-13-18(26)22-21-24-23-20(29-21)14-11-19(27)25(12-14)15-5-3-2-4-6-15/h2-10,14H,11-13H2,1H3,(H,22,24,26). The van der Waals surface area contributed by atoms with E-state index in [-0.39, 0.29) is 35.9 Å². The zero-order chi connectivity index (χ0) is 20.9. The third kappa shape index (κ3) is 4.62. The summed E-state index contributed by atoms with van der Waals surface area (Å²) < 4.78 is 10.7. The van der Waals surface area contributed by atoms with E-state index in [0.717, 1.165) is 16.3 Å². The second-order valence-electron chi connectivity index (χ2n) is 6.70. The third-order valence-electron chi connectivity index (χ3n) is 4.66. The quantitative estimate of drug-likeness (QED) is 0.581. The van der Waals surface area contributed by atoms with Crippen LogP contribution in [0.15, 0.2) is 63.9 Å². The number of ether oxygens (including phenoxy) is 1. The molecule has 4 rings (SSSR count). The lowest BCUT2D eigenvalue weighted by Crippen LogP contribution is -2.24. The predicted octanol–water partition coefficient (Wildman–Crippen LogP) is 3.33. The highest BCUT2D eigenvalue weighted by atomic mass is 32.2. The Morgan fingerprint density at radius 2 is 1.97 bits per heavy atom. The Kier molecular flexibility index (Phi) is 5.99. The number of nitrogens with one attached hydrogen (secondary N) is 1. The molecule has 1 aromatic heterocycles. The van der Waals surface area contributed by atoms with Crippen LogP contribution in [0.1, 0.15) is 18.2 Å². The largest absolute Gasteiger partial charge is 0.497 e. The number of carbonyl (C=O) groups is 2. The van der Waals surface area contributed by atoms with Gasteiger partial charge in [-0.3, -0.25) is 14.9 Å². The smallest absolute Gasteiger partial charge is 0.322 e. The molecule has 1 fully saturated rings. The number of thioether (sulfide) groups is 1. The van der Waals surface area contributed by atoms with E-state index in [1.54, 1.807) is 12.0 Å². The summed E-state index contributed by atoms with van der Waals surface area (Å²) in [5.41, 5.74) is 0.841. The van der Waals surface area contributed by atoms with Gasteiger partial charge in [-0.15, -0.1) is 16.9 Å². The molecule has 1 aliphatic rings. The Morgan fingerprint density at radius 1 is 1.20 bits per heavy atom. The maximum Gasteiger partial charge on any atom is 0.322 e. The summed E-state index contributed by atoms with van der Waals surface area (Å²) in [5.74, 6) is 0.862. The summed E-state index contributed by atoms with van der Waals surface area (Å²) in [5, 5.41) is 10.5. The molecule has 1 unspecified atom stereocenters. The van der Waals surface area contributed by atoms with Crippen LogP contribution in [0.5, 0.6) is 5.75 Å². The maximum absolute atomic E-state index is 12.4. The molecule has 1 atom stereocenters. The zero-order valence-corrected chi connectivity index (χ0v) is 17.1. The number of methoxy groups -OCH3 is 1. The molecule has 0 bridgehead atoms. The fraction of sp³-hybridized carbons (Fsp3) is 0.238. The van der Waals surface area contributed by atoms with E-state index in [4.69, 9.17) is 9.15 Å². The van der Waals surface area contributed by atoms with Crippen molar-refractivity contribution in [1.82, 2.24) is 10.2 Å². The second kappa shape index (κ2) is 9.00. The molecule has 8 nitrogen and oxygen atoms in total. The summed E-state index contributed by atoms with van der Waals surface area (Å²) >= 11 is 1.39. The average molecular weight is 424 g/mol. The van der Waals surface area contributed by atoms with Crippen LogP contribution < -0.4 is 15.0 Å². The summed E-state index contributed by atoms with van der Waals surface area (Å²) in [4.78, 5) is 27.2. The molecule has 2 heterocycles. The molecular weight excluding hydrogens is 404 g/mol. The minimum atomic E-state index is -0.251. The molecule has 0 saturated carbocycles. The summed E-state index contributed by atoms with van der Waals surface area (Å²) in [6.07, 6.45) is 0.289. The molecule has 0 radical (unpaired) electrons. The predicted molar refractivity (Wildman–Crippen MR) is 113 cm³/mol. The van der Waals surface area contributed by atoms with Crippen molar-refractivity contribution in [3.05, 3.63) is 60.5 Å². The van der Waals surface area contributed by atoms with E-state index in [2.05, 4.69) is 15.5 Å². The Labute approximate surface area is 177 Å². The van der Waals surface area contributed by atoms with Gasteiger partial charge in [0.25, 0.3) is 0 Å². The highest BCUT2D eigenvalue weighted by molar-refractivity contribution is 8.00. The van der Waals surface area contributed by atoms with Crippen molar-refractivity contribution < 1.29 is 18.7 Å². The minimum Gasteiger partial charge on any atom is -0.497 e. The van der Waals surface area contributed by atoms with Gasteiger partial charge in [-0.05, 0) is 36.4 Å². The zero-order valence-electron chi connectivity index (χ0n) is 16.3. The highest BCUT2D eigenvalue weighted by Gasteiger charge is 2.35. The number of anilines is 2. The van der Waals surface area contributed by atoms with Gasteiger partial charge in [0.15, 0.2) is 0 Å². The van der Waals surface area contributed by atoms with Crippen LogP contribution in [-0.2, 0) is 9.59 Å².